The average molecular weight is 293 g/mol. The van der Waals surface area contributed by atoms with Crippen molar-refractivity contribution in [2.24, 2.45) is 11.7 Å². The molecule has 2 atom stereocenters. The van der Waals surface area contributed by atoms with Crippen molar-refractivity contribution in [1.82, 2.24) is 4.90 Å². The first kappa shape index (κ1) is 16.2. The molecule has 118 valence electrons. The fourth-order valence-electron chi connectivity index (χ4n) is 3.39. The number of para-hydroxylation sites is 1. The number of benzene rings is 1. The van der Waals surface area contributed by atoms with Crippen LogP contribution in [0.25, 0.3) is 0 Å². The zero-order chi connectivity index (χ0) is 15.2. The molecule has 1 fully saturated rings. The van der Waals surface area contributed by atoms with Gasteiger partial charge in [0.1, 0.15) is 5.82 Å². The highest BCUT2D eigenvalue weighted by molar-refractivity contribution is 5.48. The number of anilines is 1. The molecule has 4 heteroatoms. The second-order valence-corrected chi connectivity index (χ2v) is 6.04. The molecule has 3 nitrogen and oxygen atoms in total. The van der Waals surface area contributed by atoms with E-state index in [0.717, 1.165) is 31.9 Å². The van der Waals surface area contributed by atoms with Gasteiger partial charge in [-0.25, -0.2) is 4.39 Å². The van der Waals surface area contributed by atoms with Crippen LogP contribution in [-0.2, 0) is 0 Å². The number of halogens is 1. The minimum Gasteiger partial charge on any atom is -0.367 e. The Kier molecular flexibility index (Phi) is 6.00. The molecule has 1 aromatic carbocycles. The molecule has 0 spiro atoms. The van der Waals surface area contributed by atoms with Gasteiger partial charge in [0.15, 0.2) is 0 Å². The quantitative estimate of drug-likeness (QED) is 0.875. The summed E-state index contributed by atoms with van der Waals surface area (Å²) in [7, 11) is 0. The highest BCUT2D eigenvalue weighted by atomic mass is 19.1. The van der Waals surface area contributed by atoms with Crippen LogP contribution in [0.4, 0.5) is 10.1 Å². The minimum atomic E-state index is -0.124. The summed E-state index contributed by atoms with van der Waals surface area (Å²) >= 11 is 0. The first-order valence-electron chi connectivity index (χ1n) is 8.11. The molecule has 1 aliphatic heterocycles. The molecule has 0 radical (unpaired) electrons. The van der Waals surface area contributed by atoms with Crippen LogP contribution in [0, 0.1) is 11.7 Å². The minimum absolute atomic E-state index is 0.124. The van der Waals surface area contributed by atoms with Crippen LogP contribution < -0.4 is 10.6 Å². The molecule has 1 aliphatic rings. The number of hydrogen-bond acceptors (Lipinski definition) is 3. The van der Waals surface area contributed by atoms with Gasteiger partial charge in [0.2, 0.25) is 0 Å². The van der Waals surface area contributed by atoms with Crippen molar-refractivity contribution in [2.75, 3.05) is 37.6 Å². The fourth-order valence-corrected chi connectivity index (χ4v) is 3.39. The highest BCUT2D eigenvalue weighted by Gasteiger charge is 2.27. The number of nitrogens with zero attached hydrogens (tertiary/aromatic N) is 2. The molecule has 2 rings (SSSR count). The maximum absolute atomic E-state index is 13.8. The number of hydrogen-bond donors (Lipinski definition) is 1. The molecule has 2 unspecified atom stereocenters. The number of piperazine rings is 1. The zero-order valence-corrected chi connectivity index (χ0v) is 13.3. The van der Waals surface area contributed by atoms with Crippen molar-refractivity contribution in [1.29, 1.82) is 0 Å². The predicted octanol–water partition coefficient (Wildman–Crippen LogP) is 2.71. The van der Waals surface area contributed by atoms with Gasteiger partial charge in [-0.1, -0.05) is 32.4 Å². The molecule has 0 saturated carbocycles. The molecule has 0 aliphatic carbocycles. The van der Waals surface area contributed by atoms with Gasteiger partial charge in [-0.2, -0.15) is 0 Å². The van der Waals surface area contributed by atoms with Crippen LogP contribution in [0.2, 0.25) is 0 Å². The number of rotatable bonds is 6. The summed E-state index contributed by atoms with van der Waals surface area (Å²) in [5.74, 6) is 0.501. The zero-order valence-electron chi connectivity index (χ0n) is 13.3. The predicted molar refractivity (Wildman–Crippen MR) is 87.1 cm³/mol. The molecule has 0 bridgehead atoms. The van der Waals surface area contributed by atoms with Gasteiger partial charge in [-0.3, -0.25) is 4.90 Å². The van der Waals surface area contributed by atoms with Crippen molar-refractivity contribution in [3.8, 4) is 0 Å². The van der Waals surface area contributed by atoms with Gasteiger partial charge in [0.05, 0.1) is 5.69 Å². The molecule has 21 heavy (non-hydrogen) atoms. The van der Waals surface area contributed by atoms with Crippen LogP contribution in [0.3, 0.4) is 0 Å². The summed E-state index contributed by atoms with van der Waals surface area (Å²) in [4.78, 5) is 4.63. The monoisotopic (exact) mass is 293 g/mol. The van der Waals surface area contributed by atoms with Crippen molar-refractivity contribution in [3.63, 3.8) is 0 Å². The molecule has 0 amide bonds. The Labute approximate surface area is 127 Å². The molecule has 2 N–H and O–H groups in total. The third-order valence-corrected chi connectivity index (χ3v) is 4.62. The highest BCUT2D eigenvalue weighted by Crippen LogP contribution is 2.22. The molecule has 1 heterocycles. The standard InChI is InChI=1S/C17H28FN3/c1-3-6-14(2)17(13-19)21-11-9-20(10-12-21)16-8-5-4-7-15(16)18/h4-5,7-8,14,17H,3,6,9-13,19H2,1-2H3. The smallest absolute Gasteiger partial charge is 0.146 e. The van der Waals surface area contributed by atoms with Gasteiger partial charge in [-0.15, -0.1) is 0 Å². The Morgan fingerprint density at radius 2 is 1.86 bits per heavy atom. The first-order valence-corrected chi connectivity index (χ1v) is 8.11. The van der Waals surface area contributed by atoms with Gasteiger partial charge in [0, 0.05) is 38.8 Å². The maximum atomic E-state index is 13.8. The van der Waals surface area contributed by atoms with E-state index in [1.807, 2.05) is 12.1 Å². The largest absolute Gasteiger partial charge is 0.367 e. The van der Waals surface area contributed by atoms with Crippen LogP contribution >= 0.6 is 0 Å². The lowest BCUT2D eigenvalue weighted by Crippen LogP contribution is -2.54. The Balaban J connectivity index is 1.95. The van der Waals surface area contributed by atoms with Gasteiger partial charge < -0.3 is 10.6 Å². The molecule has 1 aromatic rings. The normalized spacial score (nSPS) is 19.5. The van der Waals surface area contributed by atoms with Gasteiger partial charge in [0.25, 0.3) is 0 Å². The molecular weight excluding hydrogens is 265 g/mol. The van der Waals surface area contributed by atoms with E-state index in [-0.39, 0.29) is 5.82 Å². The molecule has 1 saturated heterocycles. The topological polar surface area (TPSA) is 32.5 Å². The lowest BCUT2D eigenvalue weighted by atomic mass is 9.95. The SMILES string of the molecule is CCCC(C)C(CN)N1CCN(c2ccccc2F)CC1. The third kappa shape index (κ3) is 3.95. The van der Waals surface area contributed by atoms with E-state index in [1.54, 1.807) is 6.07 Å². The molecular formula is C17H28FN3. The summed E-state index contributed by atoms with van der Waals surface area (Å²) in [6.45, 7) is 8.90. The molecule has 0 aromatic heterocycles. The van der Waals surface area contributed by atoms with Crippen molar-refractivity contribution in [3.05, 3.63) is 30.1 Å². The van der Waals surface area contributed by atoms with E-state index >= 15 is 0 Å². The van der Waals surface area contributed by atoms with E-state index in [0.29, 0.717) is 18.5 Å². The van der Waals surface area contributed by atoms with E-state index in [2.05, 4.69) is 23.6 Å². The summed E-state index contributed by atoms with van der Waals surface area (Å²) < 4.78 is 13.8. The van der Waals surface area contributed by atoms with E-state index in [9.17, 15) is 4.39 Å². The summed E-state index contributed by atoms with van der Waals surface area (Å²) in [5, 5.41) is 0. The van der Waals surface area contributed by atoms with Crippen LogP contribution in [0.1, 0.15) is 26.7 Å². The maximum Gasteiger partial charge on any atom is 0.146 e. The van der Waals surface area contributed by atoms with Crippen LogP contribution in [-0.4, -0.2) is 43.7 Å². The van der Waals surface area contributed by atoms with Crippen molar-refractivity contribution < 1.29 is 4.39 Å². The number of nitrogens with two attached hydrogens (primary N) is 1. The average Bonchev–Trinajstić information content (AvgIpc) is 2.50. The van der Waals surface area contributed by atoms with E-state index in [1.165, 1.54) is 18.9 Å². The fraction of sp³-hybridized carbons (Fsp3) is 0.647. The van der Waals surface area contributed by atoms with Crippen molar-refractivity contribution in [2.45, 2.75) is 32.7 Å². The first-order chi connectivity index (χ1) is 10.2. The lowest BCUT2D eigenvalue weighted by molar-refractivity contribution is 0.139. The second-order valence-electron chi connectivity index (χ2n) is 6.04. The van der Waals surface area contributed by atoms with Gasteiger partial charge >= 0.3 is 0 Å². The Hall–Kier alpha value is -1.13. The Morgan fingerprint density at radius 1 is 1.19 bits per heavy atom. The van der Waals surface area contributed by atoms with Gasteiger partial charge in [-0.05, 0) is 24.5 Å². The van der Waals surface area contributed by atoms with E-state index < -0.39 is 0 Å². The second kappa shape index (κ2) is 7.76. The Bertz CT molecular complexity index is 430. The summed E-state index contributed by atoms with van der Waals surface area (Å²) in [6.07, 6.45) is 2.42. The summed E-state index contributed by atoms with van der Waals surface area (Å²) in [5.41, 5.74) is 6.71. The Morgan fingerprint density at radius 3 is 2.43 bits per heavy atom. The summed E-state index contributed by atoms with van der Waals surface area (Å²) in [6, 6.07) is 7.49. The van der Waals surface area contributed by atoms with Crippen LogP contribution in [0.15, 0.2) is 24.3 Å². The van der Waals surface area contributed by atoms with Crippen molar-refractivity contribution >= 4 is 5.69 Å². The third-order valence-electron chi connectivity index (χ3n) is 4.62. The lowest BCUT2D eigenvalue weighted by Gasteiger charge is -2.42. The van der Waals surface area contributed by atoms with Crippen LogP contribution in [0.5, 0.6) is 0 Å². The van der Waals surface area contributed by atoms with E-state index in [4.69, 9.17) is 5.73 Å².